The van der Waals surface area contributed by atoms with Gasteiger partial charge in [0, 0.05) is 24.4 Å². The summed E-state index contributed by atoms with van der Waals surface area (Å²) in [7, 11) is 0. The van der Waals surface area contributed by atoms with Crippen LogP contribution >= 0.6 is 12.4 Å². The third kappa shape index (κ3) is 2.85. The summed E-state index contributed by atoms with van der Waals surface area (Å²) in [5.41, 5.74) is 6.64. The van der Waals surface area contributed by atoms with Gasteiger partial charge in [-0.25, -0.2) is 0 Å². The number of aromatic amines is 1. The molecule has 1 aromatic rings. The van der Waals surface area contributed by atoms with Gasteiger partial charge in [0.1, 0.15) is 0 Å². The molecular weight excluding hydrogens is 150 g/mol. The summed E-state index contributed by atoms with van der Waals surface area (Å²) in [5.74, 6) is 0. The molecule has 0 amide bonds. The number of nitrogens with zero attached hydrogens (tertiary/aromatic N) is 1. The van der Waals surface area contributed by atoms with E-state index in [2.05, 4.69) is 10.2 Å². The lowest BCUT2D eigenvalue weighted by atomic mass is 10.2. The lowest BCUT2D eigenvalue weighted by molar-refractivity contribution is 0.719. The van der Waals surface area contributed by atoms with E-state index < -0.39 is 0 Å². The molecular formula is C6H12ClN3. The van der Waals surface area contributed by atoms with Crippen LogP contribution in [0.5, 0.6) is 0 Å². The molecule has 1 atom stereocenters. The molecule has 0 aliphatic rings. The number of aromatic nitrogens is 2. The van der Waals surface area contributed by atoms with E-state index in [0.29, 0.717) is 0 Å². The van der Waals surface area contributed by atoms with Crippen LogP contribution in [0.25, 0.3) is 0 Å². The number of hydrogen-bond acceptors (Lipinski definition) is 2. The monoisotopic (exact) mass is 161 g/mol. The van der Waals surface area contributed by atoms with Crippen LogP contribution in [-0.2, 0) is 6.42 Å². The first-order chi connectivity index (χ1) is 4.29. The topological polar surface area (TPSA) is 54.7 Å². The molecule has 58 valence electrons. The minimum Gasteiger partial charge on any atom is -0.328 e. The number of H-pyrrole nitrogens is 1. The van der Waals surface area contributed by atoms with Gasteiger partial charge in [0.15, 0.2) is 0 Å². The molecule has 0 saturated carbocycles. The number of nitrogens with one attached hydrogen (secondary N) is 1. The molecule has 0 aromatic carbocycles. The first kappa shape index (κ1) is 9.46. The molecule has 0 bridgehead atoms. The molecule has 0 aliphatic heterocycles. The molecule has 3 N–H and O–H groups in total. The molecule has 0 aliphatic carbocycles. The van der Waals surface area contributed by atoms with Crippen molar-refractivity contribution in [1.29, 1.82) is 0 Å². The van der Waals surface area contributed by atoms with Gasteiger partial charge in [-0.2, -0.15) is 5.10 Å². The molecule has 1 heterocycles. The summed E-state index contributed by atoms with van der Waals surface area (Å²) < 4.78 is 0. The van der Waals surface area contributed by atoms with Gasteiger partial charge in [-0.1, -0.05) is 0 Å². The van der Waals surface area contributed by atoms with Gasteiger partial charge in [0.05, 0.1) is 0 Å². The number of rotatable bonds is 2. The molecule has 1 unspecified atom stereocenters. The Balaban J connectivity index is 0.000000810. The van der Waals surface area contributed by atoms with Crippen molar-refractivity contribution in [2.75, 3.05) is 0 Å². The van der Waals surface area contributed by atoms with Gasteiger partial charge >= 0.3 is 0 Å². The minimum atomic E-state index is 0. The zero-order valence-electron chi connectivity index (χ0n) is 5.87. The van der Waals surface area contributed by atoms with Gasteiger partial charge in [0.25, 0.3) is 0 Å². The van der Waals surface area contributed by atoms with E-state index >= 15 is 0 Å². The maximum atomic E-state index is 5.54. The molecule has 0 saturated heterocycles. The summed E-state index contributed by atoms with van der Waals surface area (Å²) in [5, 5.41) is 6.63. The smallest absolute Gasteiger partial charge is 0.0490 e. The SMILES string of the molecule is CC(N)Cc1ccn[nH]1.Cl. The molecule has 0 spiro atoms. The minimum absolute atomic E-state index is 0. The Morgan fingerprint density at radius 2 is 2.50 bits per heavy atom. The summed E-state index contributed by atoms with van der Waals surface area (Å²) >= 11 is 0. The van der Waals surface area contributed by atoms with Gasteiger partial charge in [-0.3, -0.25) is 5.10 Å². The predicted molar refractivity (Wildman–Crippen MR) is 43.2 cm³/mol. The Morgan fingerprint density at radius 1 is 1.80 bits per heavy atom. The zero-order chi connectivity index (χ0) is 6.69. The fourth-order valence-corrected chi connectivity index (χ4v) is 0.745. The highest BCUT2D eigenvalue weighted by atomic mass is 35.5. The maximum absolute atomic E-state index is 5.54. The summed E-state index contributed by atoms with van der Waals surface area (Å²) in [4.78, 5) is 0. The van der Waals surface area contributed by atoms with Gasteiger partial charge in [-0.05, 0) is 13.0 Å². The third-order valence-corrected chi connectivity index (χ3v) is 1.10. The fourth-order valence-electron chi connectivity index (χ4n) is 0.745. The molecule has 10 heavy (non-hydrogen) atoms. The molecule has 0 fully saturated rings. The highest BCUT2D eigenvalue weighted by Gasteiger charge is 1.96. The van der Waals surface area contributed by atoms with E-state index in [4.69, 9.17) is 5.73 Å². The predicted octanol–water partition coefficient (Wildman–Crippen LogP) is 0.721. The Labute approximate surface area is 66.4 Å². The summed E-state index contributed by atoms with van der Waals surface area (Å²) in [6.07, 6.45) is 2.61. The second kappa shape index (κ2) is 4.30. The van der Waals surface area contributed by atoms with Gasteiger partial charge in [0.2, 0.25) is 0 Å². The number of hydrogen-bond donors (Lipinski definition) is 2. The van der Waals surface area contributed by atoms with Gasteiger partial charge < -0.3 is 5.73 Å². The van der Waals surface area contributed by atoms with Crippen molar-refractivity contribution in [2.24, 2.45) is 5.73 Å². The van der Waals surface area contributed by atoms with E-state index in [9.17, 15) is 0 Å². The van der Waals surface area contributed by atoms with Crippen molar-refractivity contribution < 1.29 is 0 Å². The first-order valence-corrected chi connectivity index (χ1v) is 3.03. The first-order valence-electron chi connectivity index (χ1n) is 3.03. The van der Waals surface area contributed by atoms with Crippen molar-refractivity contribution in [2.45, 2.75) is 19.4 Å². The van der Waals surface area contributed by atoms with E-state index in [1.807, 2.05) is 13.0 Å². The quantitative estimate of drug-likeness (QED) is 0.672. The van der Waals surface area contributed by atoms with Crippen LogP contribution < -0.4 is 5.73 Å². The summed E-state index contributed by atoms with van der Waals surface area (Å²) in [6.45, 7) is 1.97. The Morgan fingerprint density at radius 3 is 2.90 bits per heavy atom. The maximum Gasteiger partial charge on any atom is 0.0490 e. The molecule has 1 aromatic heterocycles. The lowest BCUT2D eigenvalue weighted by Crippen LogP contribution is -2.17. The average Bonchev–Trinajstić information content (AvgIpc) is 2.15. The largest absolute Gasteiger partial charge is 0.328 e. The second-order valence-electron chi connectivity index (χ2n) is 2.26. The van der Waals surface area contributed by atoms with E-state index in [0.717, 1.165) is 12.1 Å². The van der Waals surface area contributed by atoms with Crippen molar-refractivity contribution in [3.05, 3.63) is 18.0 Å². The molecule has 3 nitrogen and oxygen atoms in total. The number of halogens is 1. The third-order valence-electron chi connectivity index (χ3n) is 1.10. The standard InChI is InChI=1S/C6H11N3.ClH/c1-5(7)4-6-2-3-8-9-6;/h2-3,5H,4,7H2,1H3,(H,8,9);1H. The van der Waals surface area contributed by atoms with E-state index in [-0.39, 0.29) is 18.4 Å². The van der Waals surface area contributed by atoms with Crippen LogP contribution in [-0.4, -0.2) is 16.2 Å². The zero-order valence-corrected chi connectivity index (χ0v) is 6.69. The summed E-state index contributed by atoms with van der Waals surface area (Å²) in [6, 6.07) is 2.15. The molecule has 0 radical (unpaired) electrons. The van der Waals surface area contributed by atoms with Crippen LogP contribution in [0.1, 0.15) is 12.6 Å². The normalized spacial score (nSPS) is 12.2. The second-order valence-corrected chi connectivity index (χ2v) is 2.26. The van der Waals surface area contributed by atoms with Crippen LogP contribution in [0.4, 0.5) is 0 Å². The fraction of sp³-hybridized carbons (Fsp3) is 0.500. The van der Waals surface area contributed by atoms with E-state index in [1.165, 1.54) is 0 Å². The average molecular weight is 162 g/mol. The van der Waals surface area contributed by atoms with Crippen molar-refractivity contribution >= 4 is 12.4 Å². The van der Waals surface area contributed by atoms with Crippen molar-refractivity contribution in [3.8, 4) is 0 Å². The van der Waals surface area contributed by atoms with Crippen molar-refractivity contribution in [1.82, 2.24) is 10.2 Å². The van der Waals surface area contributed by atoms with Crippen LogP contribution in [0.3, 0.4) is 0 Å². The van der Waals surface area contributed by atoms with Crippen LogP contribution in [0.15, 0.2) is 12.3 Å². The number of nitrogens with two attached hydrogens (primary N) is 1. The van der Waals surface area contributed by atoms with Crippen molar-refractivity contribution in [3.63, 3.8) is 0 Å². The van der Waals surface area contributed by atoms with Crippen LogP contribution in [0.2, 0.25) is 0 Å². The van der Waals surface area contributed by atoms with E-state index in [1.54, 1.807) is 6.20 Å². The molecule has 1 rings (SSSR count). The highest BCUT2D eigenvalue weighted by Crippen LogP contribution is 1.94. The Kier molecular flexibility index (Phi) is 4.07. The van der Waals surface area contributed by atoms with Gasteiger partial charge in [-0.15, -0.1) is 12.4 Å². The molecule has 4 heteroatoms. The lowest BCUT2D eigenvalue weighted by Gasteiger charge is -1.99. The van der Waals surface area contributed by atoms with Crippen LogP contribution in [0, 0.1) is 0 Å². The Bertz CT molecular complexity index is 160. The Hall–Kier alpha value is -0.540. The highest BCUT2D eigenvalue weighted by molar-refractivity contribution is 5.85.